The summed E-state index contributed by atoms with van der Waals surface area (Å²) in [5, 5.41) is 16.1. The molecule has 1 aromatic rings. The number of nitrogens with one attached hydrogen (secondary N) is 1. The fourth-order valence-electron chi connectivity index (χ4n) is 1.33. The van der Waals surface area contributed by atoms with Crippen molar-refractivity contribution in [3.8, 4) is 0 Å². The first-order valence-electron chi connectivity index (χ1n) is 4.10. The van der Waals surface area contributed by atoms with Crippen LogP contribution in [0.15, 0.2) is 0 Å². The Morgan fingerprint density at radius 1 is 1.75 bits per heavy atom. The lowest BCUT2D eigenvalue weighted by Crippen LogP contribution is -2.26. The van der Waals surface area contributed by atoms with E-state index in [9.17, 15) is 0 Å². The number of nitrogens with zero attached hydrogens (tertiary/aromatic N) is 3. The van der Waals surface area contributed by atoms with Crippen molar-refractivity contribution in [1.82, 2.24) is 14.8 Å². The van der Waals surface area contributed by atoms with Gasteiger partial charge in [-0.3, -0.25) is 0 Å². The molecule has 2 heterocycles. The minimum absolute atomic E-state index is 0.0872. The molecule has 1 aromatic heterocycles. The van der Waals surface area contributed by atoms with Gasteiger partial charge in [0.1, 0.15) is 6.61 Å². The van der Waals surface area contributed by atoms with Crippen molar-refractivity contribution in [2.75, 3.05) is 5.32 Å². The first-order valence-corrected chi connectivity index (χ1v) is 4.10. The second kappa shape index (κ2) is 2.75. The van der Waals surface area contributed by atoms with Crippen molar-refractivity contribution in [3.63, 3.8) is 0 Å². The second-order valence-electron chi connectivity index (χ2n) is 3.07. The maximum atomic E-state index is 8.79. The number of aliphatic hydroxyl groups is 1. The first-order chi connectivity index (χ1) is 5.79. The number of aryl methyl sites for hydroxylation is 1. The molecule has 1 aliphatic heterocycles. The van der Waals surface area contributed by atoms with Gasteiger partial charge in [-0.25, -0.2) is 4.68 Å². The van der Waals surface area contributed by atoms with Gasteiger partial charge >= 0.3 is 0 Å². The van der Waals surface area contributed by atoms with Crippen LogP contribution >= 0.6 is 0 Å². The average Bonchev–Trinajstić information content (AvgIpc) is 2.46. The normalized spacial score (nSPS) is 21.7. The third-order valence-corrected chi connectivity index (χ3v) is 2.01. The van der Waals surface area contributed by atoms with E-state index in [1.54, 1.807) is 4.68 Å². The largest absolute Gasteiger partial charge is 0.388 e. The molecule has 0 radical (unpaired) electrons. The van der Waals surface area contributed by atoms with Gasteiger partial charge in [0, 0.05) is 12.6 Å². The summed E-state index contributed by atoms with van der Waals surface area (Å²) in [5.41, 5.74) is 0. The first kappa shape index (κ1) is 7.54. The lowest BCUT2D eigenvalue weighted by molar-refractivity contribution is 0.270. The zero-order valence-electron chi connectivity index (χ0n) is 6.99. The van der Waals surface area contributed by atoms with Crippen LogP contribution < -0.4 is 5.32 Å². The monoisotopic (exact) mass is 168 g/mol. The smallest absolute Gasteiger partial charge is 0.221 e. The highest BCUT2D eigenvalue weighted by Gasteiger charge is 2.16. The van der Waals surface area contributed by atoms with E-state index in [-0.39, 0.29) is 6.61 Å². The molecule has 66 valence electrons. The molecule has 0 aliphatic carbocycles. The van der Waals surface area contributed by atoms with E-state index in [2.05, 4.69) is 22.3 Å². The quantitative estimate of drug-likeness (QED) is 0.618. The molecule has 2 N–H and O–H groups in total. The van der Waals surface area contributed by atoms with E-state index >= 15 is 0 Å². The van der Waals surface area contributed by atoms with Gasteiger partial charge < -0.3 is 10.4 Å². The summed E-state index contributed by atoms with van der Waals surface area (Å²) < 4.78 is 1.80. The van der Waals surface area contributed by atoms with Gasteiger partial charge in [0.15, 0.2) is 5.82 Å². The molecule has 0 saturated heterocycles. The van der Waals surface area contributed by atoms with Gasteiger partial charge in [0.2, 0.25) is 5.95 Å². The number of anilines is 1. The highest BCUT2D eigenvalue weighted by Crippen LogP contribution is 2.14. The Kier molecular flexibility index (Phi) is 1.73. The summed E-state index contributed by atoms with van der Waals surface area (Å²) in [6.07, 6.45) is 1.06. The van der Waals surface area contributed by atoms with Crippen LogP contribution in [-0.2, 0) is 13.2 Å². The van der Waals surface area contributed by atoms with Gasteiger partial charge in [0.25, 0.3) is 0 Å². The van der Waals surface area contributed by atoms with Crippen LogP contribution in [0.2, 0.25) is 0 Å². The summed E-state index contributed by atoms with van der Waals surface area (Å²) in [4.78, 5) is 4.11. The Balaban J connectivity index is 2.28. The summed E-state index contributed by atoms with van der Waals surface area (Å²) in [6, 6.07) is 0.452. The zero-order valence-corrected chi connectivity index (χ0v) is 6.99. The molecule has 12 heavy (non-hydrogen) atoms. The van der Waals surface area contributed by atoms with Crippen molar-refractivity contribution in [2.45, 2.75) is 32.5 Å². The van der Waals surface area contributed by atoms with Crippen LogP contribution in [0.1, 0.15) is 19.2 Å². The zero-order chi connectivity index (χ0) is 8.55. The maximum absolute atomic E-state index is 8.79. The summed E-state index contributed by atoms with van der Waals surface area (Å²) in [6.45, 7) is 2.91. The SMILES string of the molecule is CC1CCn2nc(CO)nc2N1. The fourth-order valence-corrected chi connectivity index (χ4v) is 1.33. The van der Waals surface area contributed by atoms with E-state index in [1.807, 2.05) is 0 Å². The molecule has 0 fully saturated rings. The van der Waals surface area contributed by atoms with Crippen molar-refractivity contribution in [3.05, 3.63) is 5.82 Å². The van der Waals surface area contributed by atoms with Crippen LogP contribution in [0.5, 0.6) is 0 Å². The molecule has 0 spiro atoms. The van der Waals surface area contributed by atoms with Gasteiger partial charge in [-0.1, -0.05) is 0 Å². The number of aliphatic hydroxyl groups excluding tert-OH is 1. The van der Waals surface area contributed by atoms with Crippen molar-refractivity contribution in [2.24, 2.45) is 0 Å². The number of hydrogen-bond acceptors (Lipinski definition) is 4. The molecular formula is C7H12N4O. The minimum atomic E-state index is -0.0872. The van der Waals surface area contributed by atoms with Crippen molar-refractivity contribution >= 4 is 5.95 Å². The molecule has 5 heteroatoms. The molecule has 0 bridgehead atoms. The maximum Gasteiger partial charge on any atom is 0.221 e. The predicted molar refractivity (Wildman–Crippen MR) is 43.6 cm³/mol. The van der Waals surface area contributed by atoms with Gasteiger partial charge in [0.05, 0.1) is 0 Å². The number of fused-ring (bicyclic) bond motifs is 1. The highest BCUT2D eigenvalue weighted by molar-refractivity contribution is 5.28. The Morgan fingerprint density at radius 3 is 3.33 bits per heavy atom. The number of hydrogen-bond donors (Lipinski definition) is 2. The van der Waals surface area contributed by atoms with Crippen LogP contribution in [0.4, 0.5) is 5.95 Å². The molecule has 0 aromatic carbocycles. The predicted octanol–water partition coefficient (Wildman–Crippen LogP) is -0.0255. The average molecular weight is 168 g/mol. The molecule has 1 atom stereocenters. The lowest BCUT2D eigenvalue weighted by atomic mass is 10.2. The second-order valence-corrected chi connectivity index (χ2v) is 3.07. The Hall–Kier alpha value is -1.10. The van der Waals surface area contributed by atoms with E-state index in [4.69, 9.17) is 5.11 Å². The van der Waals surface area contributed by atoms with Crippen molar-refractivity contribution in [1.29, 1.82) is 0 Å². The molecular weight excluding hydrogens is 156 g/mol. The van der Waals surface area contributed by atoms with Gasteiger partial charge in [-0.05, 0) is 13.3 Å². The van der Waals surface area contributed by atoms with Crippen molar-refractivity contribution < 1.29 is 5.11 Å². The number of rotatable bonds is 1. The lowest BCUT2D eigenvalue weighted by Gasteiger charge is -2.20. The van der Waals surface area contributed by atoms with E-state index in [0.717, 1.165) is 18.9 Å². The van der Waals surface area contributed by atoms with Gasteiger partial charge in [-0.2, -0.15) is 10.1 Å². The Labute approximate surface area is 70.4 Å². The van der Waals surface area contributed by atoms with E-state index in [1.165, 1.54) is 0 Å². The Bertz CT molecular complexity index is 283. The molecule has 2 rings (SSSR count). The molecule has 5 nitrogen and oxygen atoms in total. The summed E-state index contributed by atoms with van der Waals surface area (Å²) in [5.74, 6) is 1.27. The topological polar surface area (TPSA) is 63.0 Å². The summed E-state index contributed by atoms with van der Waals surface area (Å²) in [7, 11) is 0. The molecule has 0 saturated carbocycles. The summed E-state index contributed by atoms with van der Waals surface area (Å²) >= 11 is 0. The standard InChI is InChI=1S/C7H12N4O/c1-5-2-3-11-7(8-5)9-6(4-12)10-11/h5,12H,2-4H2,1H3,(H,8,9,10). The van der Waals surface area contributed by atoms with Crippen LogP contribution in [0.25, 0.3) is 0 Å². The molecule has 1 aliphatic rings. The Morgan fingerprint density at radius 2 is 2.58 bits per heavy atom. The van der Waals surface area contributed by atoms with Crippen LogP contribution in [0.3, 0.4) is 0 Å². The van der Waals surface area contributed by atoms with Crippen LogP contribution in [-0.4, -0.2) is 25.9 Å². The third kappa shape index (κ3) is 1.16. The highest BCUT2D eigenvalue weighted by atomic mass is 16.3. The third-order valence-electron chi connectivity index (χ3n) is 2.01. The minimum Gasteiger partial charge on any atom is -0.388 e. The van der Waals surface area contributed by atoms with Gasteiger partial charge in [-0.15, -0.1) is 0 Å². The van der Waals surface area contributed by atoms with E-state index < -0.39 is 0 Å². The molecule has 0 amide bonds. The van der Waals surface area contributed by atoms with Crippen LogP contribution in [0, 0.1) is 0 Å². The number of aromatic nitrogens is 3. The van der Waals surface area contributed by atoms with E-state index in [0.29, 0.717) is 11.9 Å². The fraction of sp³-hybridized carbons (Fsp3) is 0.714. The molecule has 1 unspecified atom stereocenters.